The molecule has 0 saturated carbocycles. The van der Waals surface area contributed by atoms with Crippen molar-refractivity contribution in [2.45, 2.75) is 50.3 Å². The van der Waals surface area contributed by atoms with Crippen LogP contribution in [0.15, 0.2) is 0 Å². The second-order valence-electron chi connectivity index (χ2n) is 4.83. The molecule has 0 aliphatic carbocycles. The summed E-state index contributed by atoms with van der Waals surface area (Å²) in [6, 6.07) is 0. The maximum absolute atomic E-state index is 11.6. The molecule has 2 unspecified atom stereocenters. The lowest BCUT2D eigenvalue weighted by Gasteiger charge is -2.22. The molecular formula is C11H24N2O4S3. The molecule has 0 aromatic carbocycles. The highest BCUT2D eigenvalue weighted by Gasteiger charge is 2.24. The number of rotatable bonds is 8. The van der Waals surface area contributed by atoms with Crippen LogP contribution in [-0.4, -0.2) is 45.2 Å². The van der Waals surface area contributed by atoms with E-state index in [2.05, 4.69) is 10.6 Å². The average Bonchev–Trinajstić information content (AvgIpc) is 2.25. The minimum absolute atomic E-state index is 0.0535. The van der Waals surface area contributed by atoms with E-state index in [4.69, 9.17) is 12.2 Å². The first-order valence-electron chi connectivity index (χ1n) is 6.47. The summed E-state index contributed by atoms with van der Waals surface area (Å²) in [6.07, 6.45) is 4.44. The summed E-state index contributed by atoms with van der Waals surface area (Å²) in [5.74, 6) is 0. The Bertz CT molecular complexity index is 468. The normalized spacial score (nSPS) is 15.4. The summed E-state index contributed by atoms with van der Waals surface area (Å²) in [7, 11) is -6.59. The molecule has 0 saturated heterocycles. The Morgan fingerprint density at radius 2 is 1.20 bits per heavy atom. The fourth-order valence-corrected chi connectivity index (χ4v) is 4.07. The van der Waals surface area contributed by atoms with Gasteiger partial charge in [-0.3, -0.25) is 0 Å². The quantitative estimate of drug-likeness (QED) is 0.629. The third kappa shape index (κ3) is 7.39. The molecule has 0 heterocycles. The Balaban J connectivity index is 4.82. The number of thiocarbonyl (C=S) groups is 1. The Morgan fingerprint density at radius 3 is 1.40 bits per heavy atom. The van der Waals surface area contributed by atoms with E-state index in [0.717, 1.165) is 12.5 Å². The summed E-state index contributed by atoms with van der Waals surface area (Å²) in [5.41, 5.74) is 0. The molecule has 0 bridgehead atoms. The molecule has 0 aliphatic rings. The van der Waals surface area contributed by atoms with Gasteiger partial charge in [0.1, 0.15) is 10.7 Å². The van der Waals surface area contributed by atoms with Gasteiger partial charge in [-0.2, -0.15) is 0 Å². The van der Waals surface area contributed by atoms with Gasteiger partial charge in [-0.25, -0.2) is 16.8 Å². The van der Waals surface area contributed by atoms with Crippen molar-refractivity contribution in [2.75, 3.05) is 12.5 Å². The summed E-state index contributed by atoms with van der Waals surface area (Å²) >= 11 is 5.02. The van der Waals surface area contributed by atoms with Crippen LogP contribution < -0.4 is 10.6 Å². The van der Waals surface area contributed by atoms with Crippen molar-refractivity contribution >= 4 is 37.0 Å². The molecule has 6 nitrogen and oxygen atoms in total. The Morgan fingerprint density at radius 1 is 0.900 bits per heavy atom. The van der Waals surface area contributed by atoms with Crippen molar-refractivity contribution in [3.8, 4) is 0 Å². The third-order valence-electron chi connectivity index (χ3n) is 2.72. The zero-order chi connectivity index (χ0) is 16.0. The van der Waals surface area contributed by atoms with E-state index >= 15 is 0 Å². The smallest absolute Gasteiger partial charge is 0.168 e. The Labute approximate surface area is 127 Å². The molecule has 120 valence electrons. The van der Waals surface area contributed by atoms with Gasteiger partial charge in [-0.05, 0) is 25.1 Å². The average molecular weight is 345 g/mol. The SMILES string of the molecule is CCCC(NC(=S)NC(CCC)S(C)(=O)=O)S(C)(=O)=O. The van der Waals surface area contributed by atoms with Gasteiger partial charge in [-0.1, -0.05) is 26.7 Å². The van der Waals surface area contributed by atoms with Crippen molar-refractivity contribution in [3.05, 3.63) is 0 Å². The lowest BCUT2D eigenvalue weighted by atomic mass is 10.3. The van der Waals surface area contributed by atoms with Crippen LogP contribution in [0.1, 0.15) is 39.5 Å². The minimum atomic E-state index is -3.29. The van der Waals surface area contributed by atoms with Gasteiger partial charge < -0.3 is 10.6 Å². The predicted molar refractivity (Wildman–Crippen MR) is 85.9 cm³/mol. The minimum Gasteiger partial charge on any atom is -0.346 e. The molecule has 0 aromatic rings. The zero-order valence-electron chi connectivity index (χ0n) is 12.3. The first-order valence-corrected chi connectivity index (χ1v) is 10.8. The van der Waals surface area contributed by atoms with E-state index in [0.29, 0.717) is 25.7 Å². The highest BCUT2D eigenvalue weighted by molar-refractivity contribution is 7.91. The zero-order valence-corrected chi connectivity index (χ0v) is 14.8. The summed E-state index contributed by atoms with van der Waals surface area (Å²) in [5, 5.41) is 3.83. The van der Waals surface area contributed by atoms with Gasteiger partial charge in [-0.15, -0.1) is 0 Å². The molecule has 0 aliphatic heterocycles. The standard InChI is InChI=1S/C11H24N2O4S3/c1-5-7-9(19(3,14)15)12-11(18)13-10(8-6-2)20(4,16)17/h9-10H,5-8H2,1-4H3,(H2,12,13,18). The van der Waals surface area contributed by atoms with E-state index < -0.39 is 30.4 Å². The van der Waals surface area contributed by atoms with E-state index in [-0.39, 0.29) is 5.11 Å². The van der Waals surface area contributed by atoms with Crippen LogP contribution in [0.4, 0.5) is 0 Å². The lowest BCUT2D eigenvalue weighted by molar-refractivity contribution is 0.554. The van der Waals surface area contributed by atoms with Crippen LogP contribution in [0.5, 0.6) is 0 Å². The first kappa shape index (κ1) is 19.6. The molecule has 0 rings (SSSR count). The van der Waals surface area contributed by atoms with Crippen molar-refractivity contribution in [1.82, 2.24) is 10.6 Å². The van der Waals surface area contributed by atoms with Crippen LogP contribution in [0, 0.1) is 0 Å². The van der Waals surface area contributed by atoms with Crippen LogP contribution in [0.3, 0.4) is 0 Å². The van der Waals surface area contributed by atoms with Gasteiger partial charge in [0.2, 0.25) is 0 Å². The van der Waals surface area contributed by atoms with Crippen molar-refractivity contribution in [2.24, 2.45) is 0 Å². The molecule has 2 N–H and O–H groups in total. The third-order valence-corrected chi connectivity index (χ3v) is 5.73. The van der Waals surface area contributed by atoms with E-state index in [9.17, 15) is 16.8 Å². The largest absolute Gasteiger partial charge is 0.346 e. The molecule has 0 amide bonds. The Kier molecular flexibility index (Phi) is 7.97. The molecule has 0 fully saturated rings. The maximum atomic E-state index is 11.6. The highest BCUT2D eigenvalue weighted by Crippen LogP contribution is 2.06. The predicted octanol–water partition coefficient (Wildman–Crippen LogP) is 0.792. The number of nitrogens with one attached hydrogen (secondary N) is 2. The Hall–Kier alpha value is -0.410. The molecule has 20 heavy (non-hydrogen) atoms. The van der Waals surface area contributed by atoms with E-state index in [1.54, 1.807) is 0 Å². The summed E-state index contributed by atoms with van der Waals surface area (Å²) in [4.78, 5) is 0. The maximum Gasteiger partial charge on any atom is 0.168 e. The second kappa shape index (κ2) is 8.14. The lowest BCUT2D eigenvalue weighted by Crippen LogP contribution is -2.50. The van der Waals surface area contributed by atoms with Gasteiger partial charge >= 0.3 is 0 Å². The van der Waals surface area contributed by atoms with Crippen LogP contribution in [0.2, 0.25) is 0 Å². The van der Waals surface area contributed by atoms with Gasteiger partial charge in [0, 0.05) is 12.5 Å². The first-order chi connectivity index (χ1) is 9.02. The molecule has 0 spiro atoms. The fraction of sp³-hybridized carbons (Fsp3) is 0.909. The topological polar surface area (TPSA) is 92.3 Å². The molecule has 9 heteroatoms. The molecular weight excluding hydrogens is 320 g/mol. The number of hydrogen-bond donors (Lipinski definition) is 2. The van der Waals surface area contributed by atoms with E-state index in [1.165, 1.54) is 0 Å². The monoisotopic (exact) mass is 344 g/mol. The van der Waals surface area contributed by atoms with Crippen molar-refractivity contribution in [3.63, 3.8) is 0 Å². The highest BCUT2D eigenvalue weighted by atomic mass is 32.2. The second-order valence-corrected chi connectivity index (χ2v) is 9.70. The number of sulfone groups is 2. The fourth-order valence-electron chi connectivity index (χ4n) is 1.65. The van der Waals surface area contributed by atoms with Crippen LogP contribution in [-0.2, 0) is 19.7 Å². The number of hydrogen-bond acceptors (Lipinski definition) is 5. The molecule has 0 radical (unpaired) electrons. The van der Waals surface area contributed by atoms with Crippen molar-refractivity contribution < 1.29 is 16.8 Å². The van der Waals surface area contributed by atoms with Crippen molar-refractivity contribution in [1.29, 1.82) is 0 Å². The van der Waals surface area contributed by atoms with Crippen LogP contribution in [0.25, 0.3) is 0 Å². The van der Waals surface area contributed by atoms with Gasteiger partial charge in [0.15, 0.2) is 24.8 Å². The molecule has 2 atom stereocenters. The summed E-state index contributed by atoms with van der Waals surface area (Å²) in [6.45, 7) is 3.74. The van der Waals surface area contributed by atoms with E-state index in [1.807, 2.05) is 13.8 Å². The summed E-state index contributed by atoms with van der Waals surface area (Å²) < 4.78 is 46.4. The van der Waals surface area contributed by atoms with Gasteiger partial charge in [0.05, 0.1) is 0 Å². The van der Waals surface area contributed by atoms with Gasteiger partial charge in [0.25, 0.3) is 0 Å². The van der Waals surface area contributed by atoms with Crippen LogP contribution >= 0.6 is 12.2 Å². The molecule has 0 aromatic heterocycles.